The highest BCUT2D eigenvalue weighted by Gasteiger charge is 2.29. The zero-order valence-corrected chi connectivity index (χ0v) is 26.4. The summed E-state index contributed by atoms with van der Waals surface area (Å²) < 4.78 is 6.00. The molecule has 1 aliphatic heterocycles. The summed E-state index contributed by atoms with van der Waals surface area (Å²) in [6, 6.07) is 41.3. The Hall–Kier alpha value is -5.49. The van der Waals surface area contributed by atoms with Crippen molar-refractivity contribution in [1.82, 2.24) is 4.98 Å². The average Bonchev–Trinajstić information content (AvgIpc) is 3.07. The number of carbonyl (C=O) groups excluding carboxylic acids is 1. The van der Waals surface area contributed by atoms with Crippen LogP contribution in [0.25, 0.3) is 21.5 Å². The molecular formula is C40H36N4O2. The van der Waals surface area contributed by atoms with Gasteiger partial charge in [0.05, 0.1) is 5.71 Å². The minimum Gasteiger partial charge on any atom is -0.442 e. The molecule has 6 heteroatoms. The maximum atomic E-state index is 14.2. The van der Waals surface area contributed by atoms with Crippen molar-refractivity contribution in [3.05, 3.63) is 150 Å². The monoisotopic (exact) mass is 604 g/mol. The van der Waals surface area contributed by atoms with Crippen molar-refractivity contribution in [1.29, 1.82) is 0 Å². The van der Waals surface area contributed by atoms with Gasteiger partial charge in [-0.15, -0.1) is 0 Å². The largest absolute Gasteiger partial charge is 0.442 e. The molecule has 0 fully saturated rings. The Bertz CT molecular complexity index is 2010. The van der Waals surface area contributed by atoms with E-state index in [-0.39, 0.29) is 0 Å². The third-order valence-corrected chi connectivity index (χ3v) is 8.24. The van der Waals surface area contributed by atoms with Gasteiger partial charge in [-0.2, -0.15) is 10.1 Å². The van der Waals surface area contributed by atoms with Crippen LogP contribution >= 0.6 is 0 Å². The zero-order chi connectivity index (χ0) is 31.7. The molecule has 6 nitrogen and oxygen atoms in total. The fraction of sp³-hybridized carbons (Fsp3) is 0.175. The molecule has 0 N–H and O–H groups in total. The number of benzene rings is 5. The van der Waals surface area contributed by atoms with Gasteiger partial charge in [-0.25, -0.2) is 9.78 Å². The number of hydrogen-bond acceptors (Lipinski definition) is 5. The first-order chi connectivity index (χ1) is 22.3. The molecule has 0 atom stereocenters. The van der Waals surface area contributed by atoms with Crippen molar-refractivity contribution in [2.45, 2.75) is 39.3 Å². The molecule has 0 saturated carbocycles. The van der Waals surface area contributed by atoms with E-state index in [9.17, 15) is 4.79 Å². The first-order valence-electron chi connectivity index (χ1n) is 15.7. The Morgan fingerprint density at radius 3 is 1.96 bits per heavy atom. The first-order valence-corrected chi connectivity index (χ1v) is 15.7. The summed E-state index contributed by atoms with van der Waals surface area (Å²) in [5.41, 5.74) is 4.86. The Morgan fingerprint density at radius 2 is 1.33 bits per heavy atom. The highest BCUT2D eigenvalue weighted by atomic mass is 16.6. The van der Waals surface area contributed by atoms with Crippen LogP contribution in [0.1, 0.15) is 43.0 Å². The fourth-order valence-corrected chi connectivity index (χ4v) is 6.03. The van der Waals surface area contributed by atoms with Crippen LogP contribution in [-0.2, 0) is 17.7 Å². The molecule has 0 spiro atoms. The summed E-state index contributed by atoms with van der Waals surface area (Å²) in [4.78, 5) is 21.2. The van der Waals surface area contributed by atoms with E-state index in [1.807, 2.05) is 57.2 Å². The van der Waals surface area contributed by atoms with Crippen LogP contribution < -0.4 is 9.91 Å². The van der Waals surface area contributed by atoms with Crippen molar-refractivity contribution >= 4 is 44.9 Å². The van der Waals surface area contributed by atoms with Crippen molar-refractivity contribution < 1.29 is 9.53 Å². The second-order valence-corrected chi connectivity index (χ2v) is 12.7. The third kappa shape index (κ3) is 6.07. The minimum absolute atomic E-state index is 0.565. The molecule has 1 aliphatic rings. The van der Waals surface area contributed by atoms with E-state index in [1.165, 1.54) is 16.1 Å². The predicted octanol–water partition coefficient (Wildman–Crippen LogP) is 9.14. The number of hydrogen-bond donors (Lipinski definition) is 0. The lowest BCUT2D eigenvalue weighted by Crippen LogP contribution is -2.37. The SMILES string of the molecule is CC(C)(C)OC(=O)N(N=C(c1ccc2ccccc2c1)c1ccc2ccccc2c1)c1cccnc1N1CCc2ccccc2C1. The maximum absolute atomic E-state index is 14.2. The average molecular weight is 605 g/mol. The van der Waals surface area contributed by atoms with E-state index in [0.29, 0.717) is 23.8 Å². The summed E-state index contributed by atoms with van der Waals surface area (Å²) in [6.45, 7) is 7.06. The van der Waals surface area contributed by atoms with Crippen LogP contribution in [0.2, 0.25) is 0 Å². The molecule has 0 bridgehead atoms. The number of carbonyl (C=O) groups is 1. The second-order valence-electron chi connectivity index (χ2n) is 12.7. The number of pyridine rings is 1. The van der Waals surface area contributed by atoms with Crippen LogP contribution in [0.4, 0.5) is 16.3 Å². The molecule has 228 valence electrons. The van der Waals surface area contributed by atoms with Crippen LogP contribution in [0, 0.1) is 0 Å². The minimum atomic E-state index is -0.733. The van der Waals surface area contributed by atoms with Gasteiger partial charge in [-0.05, 0) is 84.1 Å². The van der Waals surface area contributed by atoms with Gasteiger partial charge in [0.1, 0.15) is 11.3 Å². The number of rotatable bonds is 5. The zero-order valence-electron chi connectivity index (χ0n) is 26.4. The van der Waals surface area contributed by atoms with Crippen LogP contribution in [0.3, 0.4) is 0 Å². The smallest absolute Gasteiger partial charge is 0.435 e. The van der Waals surface area contributed by atoms with Crippen molar-refractivity contribution in [2.24, 2.45) is 5.10 Å². The highest BCUT2D eigenvalue weighted by Crippen LogP contribution is 2.33. The molecule has 6 aromatic rings. The van der Waals surface area contributed by atoms with Gasteiger partial charge in [-0.3, -0.25) is 0 Å². The van der Waals surface area contributed by atoms with E-state index >= 15 is 0 Å². The van der Waals surface area contributed by atoms with Gasteiger partial charge in [0, 0.05) is 30.4 Å². The molecule has 2 heterocycles. The number of aromatic nitrogens is 1. The summed E-state index contributed by atoms with van der Waals surface area (Å²) in [5.74, 6) is 0.683. The number of amides is 1. The highest BCUT2D eigenvalue weighted by molar-refractivity contribution is 6.16. The van der Waals surface area contributed by atoms with E-state index in [2.05, 4.69) is 89.8 Å². The molecule has 0 radical (unpaired) electrons. The topological polar surface area (TPSA) is 58.0 Å². The van der Waals surface area contributed by atoms with Gasteiger partial charge in [0.25, 0.3) is 0 Å². The van der Waals surface area contributed by atoms with Crippen LogP contribution in [0.5, 0.6) is 0 Å². The normalized spacial score (nSPS) is 12.9. The van der Waals surface area contributed by atoms with E-state index in [4.69, 9.17) is 14.8 Å². The number of anilines is 2. The summed E-state index contributed by atoms with van der Waals surface area (Å²) in [6.07, 6.45) is 2.09. The lowest BCUT2D eigenvalue weighted by Gasteiger charge is -2.33. The number of fused-ring (bicyclic) bond motifs is 3. The molecule has 46 heavy (non-hydrogen) atoms. The molecule has 0 saturated heterocycles. The maximum Gasteiger partial charge on any atom is 0.435 e. The van der Waals surface area contributed by atoms with Crippen LogP contribution in [0.15, 0.2) is 133 Å². The lowest BCUT2D eigenvalue weighted by molar-refractivity contribution is 0.0581. The first kappa shape index (κ1) is 29.2. The number of hydrazone groups is 1. The Morgan fingerprint density at radius 1 is 0.739 bits per heavy atom. The fourth-order valence-electron chi connectivity index (χ4n) is 6.03. The summed E-state index contributed by atoms with van der Waals surface area (Å²) in [7, 11) is 0. The van der Waals surface area contributed by atoms with E-state index in [1.54, 1.807) is 6.20 Å². The van der Waals surface area contributed by atoms with Crippen molar-refractivity contribution in [2.75, 3.05) is 16.5 Å². The molecule has 0 unspecified atom stereocenters. The summed E-state index contributed by atoms with van der Waals surface area (Å²) in [5, 5.41) is 11.0. The second kappa shape index (κ2) is 12.1. The predicted molar refractivity (Wildman–Crippen MR) is 188 cm³/mol. The lowest BCUT2D eigenvalue weighted by atomic mass is 9.97. The van der Waals surface area contributed by atoms with Crippen molar-refractivity contribution in [3.63, 3.8) is 0 Å². The number of ether oxygens (including phenoxy) is 1. The molecular weight excluding hydrogens is 568 g/mol. The van der Waals surface area contributed by atoms with Gasteiger partial charge in [0.2, 0.25) is 0 Å². The van der Waals surface area contributed by atoms with Gasteiger partial charge in [-0.1, -0.05) is 97.1 Å². The number of nitrogens with zero attached hydrogens (tertiary/aromatic N) is 4. The molecule has 5 aromatic carbocycles. The molecule has 1 amide bonds. The van der Waals surface area contributed by atoms with Gasteiger partial charge < -0.3 is 9.64 Å². The Balaban J connectivity index is 1.41. The molecule has 0 aliphatic carbocycles. The molecule has 7 rings (SSSR count). The van der Waals surface area contributed by atoms with Gasteiger partial charge in [0.15, 0.2) is 5.82 Å². The molecule has 1 aromatic heterocycles. The third-order valence-electron chi connectivity index (χ3n) is 8.24. The summed E-state index contributed by atoms with van der Waals surface area (Å²) >= 11 is 0. The standard InChI is InChI=1S/C40H36N4O2/c1-40(2,3)46-39(45)44(36-17-10-23-41-38(36)43-24-22-30-13-6-9-16-35(30)27-43)42-37(33-20-18-28-11-4-7-14-31(28)25-33)34-21-19-29-12-5-8-15-32(29)26-34/h4-21,23,25-26H,22,24,27H2,1-3H3. The Labute approximate surface area is 269 Å². The van der Waals surface area contributed by atoms with E-state index < -0.39 is 11.7 Å². The quantitative estimate of drug-likeness (QED) is 0.145. The Kier molecular flexibility index (Phi) is 7.71. The van der Waals surface area contributed by atoms with Crippen LogP contribution in [-0.4, -0.2) is 28.9 Å². The van der Waals surface area contributed by atoms with E-state index in [0.717, 1.165) is 45.6 Å². The van der Waals surface area contributed by atoms with Gasteiger partial charge >= 0.3 is 6.09 Å². The van der Waals surface area contributed by atoms with Crippen molar-refractivity contribution in [3.8, 4) is 0 Å².